The van der Waals surface area contributed by atoms with Crippen molar-refractivity contribution < 1.29 is 14.3 Å². The van der Waals surface area contributed by atoms with Crippen molar-refractivity contribution in [1.29, 1.82) is 0 Å². The second-order valence-corrected chi connectivity index (χ2v) is 8.19. The van der Waals surface area contributed by atoms with Crippen LogP contribution >= 0.6 is 0 Å². The predicted molar refractivity (Wildman–Crippen MR) is 113 cm³/mol. The fourth-order valence-electron chi connectivity index (χ4n) is 4.95. The Morgan fingerprint density at radius 1 is 1.20 bits per heavy atom. The lowest BCUT2D eigenvalue weighted by Gasteiger charge is -2.34. The van der Waals surface area contributed by atoms with Gasteiger partial charge in [-0.1, -0.05) is 25.0 Å². The molecule has 1 aliphatic carbocycles. The van der Waals surface area contributed by atoms with Gasteiger partial charge in [-0.25, -0.2) is 0 Å². The molecule has 0 radical (unpaired) electrons. The summed E-state index contributed by atoms with van der Waals surface area (Å²) in [5, 5.41) is 7.24. The molecule has 160 valence electrons. The fraction of sp³-hybridized carbons (Fsp3) is 0.522. The molecule has 2 aromatic rings. The molecule has 7 heteroatoms. The molecule has 4 rings (SSSR count). The highest BCUT2D eigenvalue weighted by molar-refractivity contribution is 6.00. The Balaban J connectivity index is 1.47. The Morgan fingerprint density at radius 2 is 2.03 bits per heavy atom. The van der Waals surface area contributed by atoms with Gasteiger partial charge in [0.2, 0.25) is 5.91 Å². The summed E-state index contributed by atoms with van der Waals surface area (Å²) < 4.78 is 7.27. The number of hydrogen-bond acceptors (Lipinski definition) is 4. The third-order valence-electron chi connectivity index (χ3n) is 6.39. The lowest BCUT2D eigenvalue weighted by molar-refractivity contribution is -0.125. The maximum atomic E-state index is 13.5. The summed E-state index contributed by atoms with van der Waals surface area (Å²) in [6.45, 7) is 1.33. The van der Waals surface area contributed by atoms with Gasteiger partial charge in [0, 0.05) is 31.5 Å². The number of hydrogen-bond donors (Lipinski definition) is 1. The highest BCUT2D eigenvalue weighted by atomic mass is 16.5. The normalized spacial score (nSPS) is 23.1. The van der Waals surface area contributed by atoms with Crippen molar-refractivity contribution in [3.8, 4) is 5.75 Å². The van der Waals surface area contributed by atoms with Gasteiger partial charge in [0.1, 0.15) is 11.8 Å². The minimum atomic E-state index is -0.416. The molecule has 1 saturated heterocycles. The van der Waals surface area contributed by atoms with E-state index in [4.69, 9.17) is 4.74 Å². The Labute approximate surface area is 177 Å². The van der Waals surface area contributed by atoms with E-state index in [0.717, 1.165) is 38.6 Å². The number of likely N-dealkylation sites (tertiary alicyclic amines) is 1. The molecule has 0 bridgehead atoms. The molecular weight excluding hydrogens is 380 g/mol. The fourth-order valence-corrected chi connectivity index (χ4v) is 4.95. The molecule has 1 aromatic carbocycles. The van der Waals surface area contributed by atoms with Crippen molar-refractivity contribution in [1.82, 2.24) is 20.0 Å². The van der Waals surface area contributed by atoms with E-state index in [0.29, 0.717) is 23.8 Å². The highest BCUT2D eigenvalue weighted by Crippen LogP contribution is 2.41. The third kappa shape index (κ3) is 4.20. The van der Waals surface area contributed by atoms with Crippen LogP contribution in [0.15, 0.2) is 42.7 Å². The van der Waals surface area contributed by atoms with Crippen LogP contribution in [0.1, 0.15) is 48.9 Å². The first-order chi connectivity index (χ1) is 14.7. The second-order valence-electron chi connectivity index (χ2n) is 8.19. The summed E-state index contributed by atoms with van der Waals surface area (Å²) in [7, 11) is 1.57. The van der Waals surface area contributed by atoms with Crippen LogP contribution in [0.25, 0.3) is 0 Å². The zero-order valence-electron chi connectivity index (χ0n) is 17.5. The van der Waals surface area contributed by atoms with E-state index in [2.05, 4.69) is 10.4 Å². The summed E-state index contributed by atoms with van der Waals surface area (Å²) in [6.07, 6.45) is 9.55. The molecule has 2 heterocycles. The number of rotatable bonds is 7. The minimum Gasteiger partial charge on any atom is -0.496 e. The van der Waals surface area contributed by atoms with Gasteiger partial charge in [0.05, 0.1) is 12.7 Å². The van der Waals surface area contributed by atoms with Crippen molar-refractivity contribution in [3.63, 3.8) is 0 Å². The van der Waals surface area contributed by atoms with E-state index in [1.807, 2.05) is 34.0 Å². The van der Waals surface area contributed by atoms with Gasteiger partial charge in [-0.3, -0.25) is 14.3 Å². The minimum absolute atomic E-state index is 0.0480. The Morgan fingerprint density at radius 3 is 2.83 bits per heavy atom. The molecule has 1 N–H and O–H groups in total. The average Bonchev–Trinajstić information content (AvgIpc) is 3.43. The number of carbonyl (C=O) groups is 2. The number of aromatic nitrogens is 2. The number of fused-ring (bicyclic) bond motifs is 1. The summed E-state index contributed by atoms with van der Waals surface area (Å²) in [6, 6.07) is 8.89. The summed E-state index contributed by atoms with van der Waals surface area (Å²) in [5.41, 5.74) is 0.530. The van der Waals surface area contributed by atoms with Crippen molar-refractivity contribution in [2.45, 2.75) is 57.2 Å². The standard InChI is InChI=1S/C23H30N4O3/c1-30-21-11-5-3-9-18(21)23(29)27-19-10-4-2-8-17(19)16-20(27)22(28)24-12-6-14-26-15-7-13-25-26/h3,5,7,9,11,13,15,17,19-20H,2,4,6,8,10,12,14,16H2,1H3,(H,24,28)/t17-,19-,20-/m0/s1. The van der Waals surface area contributed by atoms with E-state index < -0.39 is 6.04 Å². The lowest BCUT2D eigenvalue weighted by Crippen LogP contribution is -2.49. The molecule has 0 unspecified atom stereocenters. The van der Waals surface area contributed by atoms with Crippen LogP contribution in [0.2, 0.25) is 0 Å². The van der Waals surface area contributed by atoms with Gasteiger partial charge in [-0.05, 0) is 49.8 Å². The topological polar surface area (TPSA) is 76.5 Å². The molecule has 1 aromatic heterocycles. The number of amides is 2. The van der Waals surface area contributed by atoms with Gasteiger partial charge in [0.15, 0.2) is 0 Å². The van der Waals surface area contributed by atoms with Crippen molar-refractivity contribution in [2.24, 2.45) is 5.92 Å². The smallest absolute Gasteiger partial charge is 0.258 e. The van der Waals surface area contributed by atoms with Gasteiger partial charge >= 0.3 is 0 Å². The van der Waals surface area contributed by atoms with Gasteiger partial charge < -0.3 is 15.0 Å². The van der Waals surface area contributed by atoms with E-state index in [9.17, 15) is 9.59 Å². The number of benzene rings is 1. The Kier molecular flexibility index (Phi) is 6.35. The van der Waals surface area contributed by atoms with Crippen molar-refractivity contribution in [3.05, 3.63) is 48.3 Å². The number of aryl methyl sites for hydroxylation is 1. The zero-order valence-corrected chi connectivity index (χ0v) is 17.5. The molecule has 7 nitrogen and oxygen atoms in total. The monoisotopic (exact) mass is 410 g/mol. The Bertz CT molecular complexity index is 867. The summed E-state index contributed by atoms with van der Waals surface area (Å²) in [4.78, 5) is 28.5. The van der Waals surface area contributed by atoms with E-state index in [-0.39, 0.29) is 17.9 Å². The van der Waals surface area contributed by atoms with Crippen LogP contribution in [-0.2, 0) is 11.3 Å². The Hall–Kier alpha value is -2.83. The maximum absolute atomic E-state index is 13.5. The van der Waals surface area contributed by atoms with Crippen LogP contribution in [0.3, 0.4) is 0 Å². The lowest BCUT2D eigenvalue weighted by atomic mass is 9.84. The molecule has 2 fully saturated rings. The quantitative estimate of drug-likeness (QED) is 0.712. The molecule has 2 aliphatic rings. The SMILES string of the molecule is COc1ccccc1C(=O)N1[C@H](C(=O)NCCCn2cccn2)C[C@@H]2CCCC[C@@H]21. The average molecular weight is 411 g/mol. The number of methoxy groups -OCH3 is 1. The summed E-state index contributed by atoms with van der Waals surface area (Å²) >= 11 is 0. The molecule has 0 spiro atoms. The number of para-hydroxylation sites is 1. The van der Waals surface area contributed by atoms with Gasteiger partial charge in [0.25, 0.3) is 5.91 Å². The highest BCUT2D eigenvalue weighted by Gasteiger charge is 2.47. The molecule has 1 saturated carbocycles. The van der Waals surface area contributed by atoms with Crippen molar-refractivity contribution in [2.75, 3.05) is 13.7 Å². The van der Waals surface area contributed by atoms with Crippen LogP contribution in [0.5, 0.6) is 5.75 Å². The molecule has 30 heavy (non-hydrogen) atoms. The number of nitrogens with zero attached hydrogens (tertiary/aromatic N) is 3. The van der Waals surface area contributed by atoms with E-state index in [1.165, 1.54) is 6.42 Å². The zero-order chi connectivity index (χ0) is 20.9. The van der Waals surface area contributed by atoms with Gasteiger partial charge in [-0.15, -0.1) is 0 Å². The molecule has 1 aliphatic heterocycles. The van der Waals surface area contributed by atoms with Crippen LogP contribution in [-0.4, -0.2) is 52.2 Å². The first-order valence-electron chi connectivity index (χ1n) is 10.9. The first kappa shape index (κ1) is 20.4. The second kappa shape index (κ2) is 9.32. The predicted octanol–water partition coefficient (Wildman–Crippen LogP) is 2.87. The van der Waals surface area contributed by atoms with Crippen LogP contribution < -0.4 is 10.1 Å². The van der Waals surface area contributed by atoms with Crippen LogP contribution in [0.4, 0.5) is 0 Å². The molecule has 3 atom stereocenters. The number of nitrogens with one attached hydrogen (secondary N) is 1. The number of ether oxygens (including phenoxy) is 1. The van der Waals surface area contributed by atoms with Gasteiger partial charge in [-0.2, -0.15) is 5.10 Å². The van der Waals surface area contributed by atoms with E-state index in [1.54, 1.807) is 25.4 Å². The van der Waals surface area contributed by atoms with Crippen LogP contribution in [0, 0.1) is 5.92 Å². The largest absolute Gasteiger partial charge is 0.496 e. The first-order valence-corrected chi connectivity index (χ1v) is 10.9. The summed E-state index contributed by atoms with van der Waals surface area (Å²) in [5.74, 6) is 0.809. The molecule has 2 amide bonds. The molecular formula is C23H30N4O3. The third-order valence-corrected chi connectivity index (χ3v) is 6.39. The maximum Gasteiger partial charge on any atom is 0.258 e. The van der Waals surface area contributed by atoms with E-state index >= 15 is 0 Å². The number of carbonyl (C=O) groups excluding carboxylic acids is 2. The van der Waals surface area contributed by atoms with Crippen molar-refractivity contribution >= 4 is 11.8 Å².